The van der Waals surface area contributed by atoms with Crippen molar-refractivity contribution in [1.82, 2.24) is 60.1 Å². The Labute approximate surface area is 521 Å². The number of ether oxygens (including phenoxy) is 1. The zero-order chi connectivity index (χ0) is 61.7. The lowest BCUT2D eigenvalue weighted by molar-refractivity contribution is 0.0509. The first-order chi connectivity index (χ1) is 41.7. The van der Waals surface area contributed by atoms with Crippen LogP contribution in [0.25, 0.3) is 34.2 Å². The molecule has 9 aromatic rings. The van der Waals surface area contributed by atoms with Crippen LogP contribution in [0.2, 0.25) is 39.3 Å². The van der Waals surface area contributed by atoms with Gasteiger partial charge in [-0.2, -0.15) is 14.9 Å². The predicted molar refractivity (Wildman–Crippen MR) is 354 cm³/mol. The summed E-state index contributed by atoms with van der Waals surface area (Å²) in [6.45, 7) is 18.8. The van der Waals surface area contributed by atoms with E-state index in [4.69, 9.17) is 44.3 Å². The first-order valence-corrected chi connectivity index (χ1v) is 37.0. The summed E-state index contributed by atoms with van der Waals surface area (Å²) in [7, 11) is -3.11. The maximum atomic E-state index is 12.8. The van der Waals surface area contributed by atoms with Crippen molar-refractivity contribution in [1.29, 1.82) is 0 Å². The van der Waals surface area contributed by atoms with E-state index in [9.17, 15) is 4.79 Å². The molecule has 12 rings (SSSR count). The molecule has 0 aliphatic heterocycles. The van der Waals surface area contributed by atoms with Gasteiger partial charge in [0, 0.05) is 82.6 Å². The van der Waals surface area contributed by atoms with E-state index in [-0.39, 0.29) is 5.34 Å². The van der Waals surface area contributed by atoms with Crippen LogP contribution >= 0.6 is 23.2 Å². The highest BCUT2D eigenvalue weighted by atomic mass is 35.5. The number of carbonyl (C=O) groups excluding carboxylic acids is 1. The highest BCUT2D eigenvalue weighted by Crippen LogP contribution is 2.42. The number of benzene rings is 3. The molecule has 0 radical (unpaired) electrons. The molecule has 3 fully saturated rings. The summed E-state index contributed by atoms with van der Waals surface area (Å²) in [5.41, 5.74) is 14.3. The number of nitrogens with one attached hydrogen (secondary N) is 5. The van der Waals surface area contributed by atoms with Crippen LogP contribution in [0.15, 0.2) is 128 Å². The minimum Gasteiger partial charge on any atom is -0.442 e. The van der Waals surface area contributed by atoms with Crippen molar-refractivity contribution in [2.24, 2.45) is 0 Å². The topological polar surface area (TPSA) is 215 Å². The number of terminal acetylenes is 1. The lowest BCUT2D eigenvalue weighted by Gasteiger charge is -2.19. The Hall–Kier alpha value is -8.91. The molecule has 0 bridgehead atoms. The molecule has 0 atom stereocenters. The molecule has 0 spiro atoms. The van der Waals surface area contributed by atoms with Crippen molar-refractivity contribution < 1.29 is 9.53 Å². The lowest BCUT2D eigenvalue weighted by Crippen LogP contribution is -2.28. The molecule has 3 aromatic carbocycles. The molecule has 3 aliphatic carbocycles. The number of alkyl halides is 2. The van der Waals surface area contributed by atoms with Crippen LogP contribution in [0.4, 0.5) is 39.7 Å². The van der Waals surface area contributed by atoms with Crippen molar-refractivity contribution >= 4 is 80.4 Å². The van der Waals surface area contributed by atoms with Crippen LogP contribution in [-0.4, -0.2) is 93.3 Å². The van der Waals surface area contributed by atoms with Gasteiger partial charge in [0.2, 0.25) is 0 Å². The zero-order valence-corrected chi connectivity index (χ0v) is 53.9. The van der Waals surface area contributed by atoms with Gasteiger partial charge in [-0.25, -0.2) is 34.7 Å². The lowest BCUT2D eigenvalue weighted by atomic mass is 10.2. The van der Waals surface area contributed by atoms with E-state index in [1.807, 2.05) is 124 Å². The smallest absolute Gasteiger partial charge is 0.435 e. The number of hydrogen-bond donors (Lipinski definition) is 5. The Kier molecular flexibility index (Phi) is 20.2. The second-order valence-electron chi connectivity index (χ2n) is 24.2. The van der Waals surface area contributed by atoms with Gasteiger partial charge in [0.1, 0.15) is 21.7 Å². The molecule has 444 valence electrons. The largest absolute Gasteiger partial charge is 0.442 e. The van der Waals surface area contributed by atoms with Gasteiger partial charge in [-0.15, -0.1) is 45.8 Å². The summed E-state index contributed by atoms with van der Waals surface area (Å²) >= 11 is 9.53. The summed E-state index contributed by atoms with van der Waals surface area (Å²) < 4.78 is 6.95. The van der Waals surface area contributed by atoms with E-state index < -0.39 is 27.8 Å². The van der Waals surface area contributed by atoms with E-state index in [2.05, 4.69) is 136 Å². The van der Waals surface area contributed by atoms with Gasteiger partial charge in [-0.3, -0.25) is 10.2 Å². The van der Waals surface area contributed by atoms with Gasteiger partial charge in [0.15, 0.2) is 52.4 Å². The zero-order valence-electron chi connectivity index (χ0n) is 50.4. The first-order valence-electron chi connectivity index (χ1n) is 28.9. The normalized spacial score (nSPS) is 13.4. The number of nitrogens with zero attached hydrogens (tertiary/aromatic N) is 10. The fourth-order valence-corrected chi connectivity index (χ4v) is 9.38. The number of H-pyrrole nitrogens is 2. The monoisotopic (exact) mass is 1230 g/mol. The number of rotatable bonds is 12. The van der Waals surface area contributed by atoms with Crippen LogP contribution < -0.4 is 16.0 Å². The van der Waals surface area contributed by atoms with Gasteiger partial charge in [0.05, 0.1) is 27.7 Å². The molecule has 5 N–H and O–H groups in total. The quantitative estimate of drug-likeness (QED) is 0.0437. The maximum absolute atomic E-state index is 12.8. The fourth-order valence-electron chi connectivity index (χ4n) is 8.36. The first kappa shape index (κ1) is 62.6. The summed E-state index contributed by atoms with van der Waals surface area (Å²) in [6.07, 6.45) is 17.3. The second-order valence-corrected chi connectivity index (χ2v) is 34.5. The molecule has 0 saturated heterocycles. The third-order valence-corrected chi connectivity index (χ3v) is 14.8. The Morgan fingerprint density at radius 2 is 0.954 bits per heavy atom. The van der Waals surface area contributed by atoms with Crippen LogP contribution in [0.5, 0.6) is 0 Å². The Balaban J connectivity index is 0.000000155. The number of hydrogen-bond acceptors (Lipinski definition) is 14. The van der Waals surface area contributed by atoms with Crippen molar-refractivity contribution in [3.63, 3.8) is 0 Å². The standard InChI is InChI=1S/C26H31N5O2Si.C21H23N5Si.C18H15N5.CH2Cl2/c1-26(2,3)33-25(32)31-21(18-12-13-18)16-22(30-31)28-24-20(14-15-34(4,5)6)17-27-23(29-24)19-10-8-7-9-11-19;1-27(2,3)12-11-17-14-22-20(16-7-5-4-6-8-16)24-21(17)23-19-13-18(25-26-19)15-9-10-15;1-2-12-11-19-17(14-6-4-3-5-7-14)21-18(12)20-16-10-15(22-23-16)13-8-9-13;2-1-3/h7-11,16-18H,12-13H2,1-6H3,(H,27,28,29,30);4-8,13-15H,9-10H2,1-3H3,(H2,22,23,24,25,26);1,3-7,10-11,13H,8-9H2,(H2,19,20,21,22,23);1H2. The van der Waals surface area contributed by atoms with Gasteiger partial charge in [-0.05, 0) is 59.3 Å². The third-order valence-electron chi connectivity index (χ3n) is 13.0. The van der Waals surface area contributed by atoms with Crippen molar-refractivity contribution in [3.05, 3.63) is 162 Å². The Morgan fingerprint density at radius 1 is 0.586 bits per heavy atom. The van der Waals surface area contributed by atoms with Crippen molar-refractivity contribution in [2.75, 3.05) is 21.3 Å². The molecule has 0 unspecified atom stereocenters. The number of carbonyl (C=O) groups is 1. The molecule has 3 saturated carbocycles. The van der Waals surface area contributed by atoms with Gasteiger partial charge in [-0.1, -0.05) is 148 Å². The SMILES string of the molecule is C#Cc1cnc(-c2ccccc2)nc1Nc1cc(C2CC2)[nH]n1.CC(C)(C)OC(=O)n1nc(Nc2nc(-c3ccccc3)ncc2C#C[Si](C)(C)C)cc1C1CC1.C[Si](C)(C)C#Cc1cnc(-c2ccccc2)nc1Nc1cc(C2CC2)[nH]n1.ClCCl. The minimum absolute atomic E-state index is 0.194. The van der Waals surface area contributed by atoms with Crippen molar-refractivity contribution in [2.45, 2.75) is 122 Å². The van der Waals surface area contributed by atoms with Gasteiger partial charge in [0.25, 0.3) is 0 Å². The number of halogens is 2. The Morgan fingerprint density at radius 3 is 1.31 bits per heavy atom. The van der Waals surface area contributed by atoms with Crippen molar-refractivity contribution in [3.8, 4) is 69.4 Å². The predicted octanol–water partition coefficient (Wildman–Crippen LogP) is 15.6. The van der Waals surface area contributed by atoms with Crippen LogP contribution in [0.1, 0.15) is 111 Å². The van der Waals surface area contributed by atoms with Crippen LogP contribution in [-0.2, 0) is 4.74 Å². The Bertz CT molecular complexity index is 3980. The number of aromatic nitrogens is 12. The molecule has 87 heavy (non-hydrogen) atoms. The molecule has 6 aromatic heterocycles. The molecular formula is C66H71Cl2N15O2Si2. The van der Waals surface area contributed by atoms with Gasteiger partial charge >= 0.3 is 6.09 Å². The molecule has 6 heterocycles. The molecule has 21 heteroatoms. The summed E-state index contributed by atoms with van der Waals surface area (Å²) in [6, 6.07) is 35.6. The summed E-state index contributed by atoms with van der Waals surface area (Å²) in [4.78, 5) is 40.3. The van der Waals surface area contributed by atoms with Crippen LogP contribution in [0.3, 0.4) is 0 Å². The minimum atomic E-state index is -1.61. The number of aromatic amines is 2. The number of anilines is 6. The molecular weight excluding hydrogens is 1160 g/mol. The van der Waals surface area contributed by atoms with Gasteiger partial charge < -0.3 is 20.7 Å². The summed E-state index contributed by atoms with van der Waals surface area (Å²) in [5, 5.41) is 29.4. The van der Waals surface area contributed by atoms with E-state index in [0.717, 1.165) is 58.1 Å². The highest BCUT2D eigenvalue weighted by Gasteiger charge is 2.33. The fraction of sp³-hybridized carbons (Fsp3) is 0.303. The maximum Gasteiger partial charge on any atom is 0.435 e. The summed E-state index contributed by atoms with van der Waals surface area (Å²) in [5.74, 6) is 16.5. The van der Waals surface area contributed by atoms with E-state index in [0.29, 0.717) is 69.6 Å². The highest BCUT2D eigenvalue weighted by molar-refractivity contribution is 6.84. The molecule has 3 aliphatic rings. The average Bonchev–Trinajstić information content (AvgIpc) is 4.58. The van der Waals surface area contributed by atoms with E-state index in [1.54, 1.807) is 18.6 Å². The average molecular weight is 1230 g/mol. The van der Waals surface area contributed by atoms with Crippen LogP contribution in [0, 0.1) is 35.3 Å². The molecule has 0 amide bonds. The second kappa shape index (κ2) is 28.1. The van der Waals surface area contributed by atoms with E-state index in [1.165, 1.54) is 36.1 Å². The van der Waals surface area contributed by atoms with E-state index >= 15 is 0 Å². The molecule has 17 nitrogen and oxygen atoms in total. The third kappa shape index (κ3) is 18.8.